The zero-order valence-corrected chi connectivity index (χ0v) is 6.49. The molecule has 0 saturated heterocycles. The summed E-state index contributed by atoms with van der Waals surface area (Å²) in [4.78, 5) is 10.5. The number of nitrogens with zero attached hydrogens (tertiary/aromatic N) is 1. The number of hydrogen-bond acceptors (Lipinski definition) is 3. The van der Waals surface area contributed by atoms with Gasteiger partial charge in [0.25, 0.3) is 0 Å². The van der Waals surface area contributed by atoms with Crippen molar-refractivity contribution < 1.29 is 14.4 Å². The normalized spacial score (nSPS) is 9.67. The minimum Gasteiger partial charge on any atom is -0.478 e. The number of rotatable bonds is 4. The molecule has 1 N–H and O–H groups in total. The van der Waals surface area contributed by atoms with Crippen LogP contribution < -0.4 is 0 Å². The topological polar surface area (TPSA) is 63.3 Å². The SMILES string of the molecule is C=CCCc1oncc1C(=O)O. The van der Waals surface area contributed by atoms with Gasteiger partial charge in [0.1, 0.15) is 5.56 Å². The average Bonchev–Trinajstić information content (AvgIpc) is 2.48. The van der Waals surface area contributed by atoms with Crippen LogP contribution in [0.5, 0.6) is 0 Å². The van der Waals surface area contributed by atoms with E-state index in [4.69, 9.17) is 9.63 Å². The van der Waals surface area contributed by atoms with Gasteiger partial charge in [-0.1, -0.05) is 11.2 Å². The van der Waals surface area contributed by atoms with Crippen LogP contribution in [0, 0.1) is 0 Å². The predicted octanol–water partition coefficient (Wildman–Crippen LogP) is 1.49. The lowest BCUT2D eigenvalue weighted by Gasteiger charge is -1.91. The first-order valence-electron chi connectivity index (χ1n) is 3.53. The van der Waals surface area contributed by atoms with Crippen LogP contribution in [0.1, 0.15) is 22.5 Å². The van der Waals surface area contributed by atoms with Crippen LogP contribution in [0.15, 0.2) is 23.4 Å². The predicted molar refractivity (Wildman–Crippen MR) is 42.0 cm³/mol. The minimum absolute atomic E-state index is 0.136. The van der Waals surface area contributed by atoms with E-state index in [1.165, 1.54) is 6.20 Å². The lowest BCUT2D eigenvalue weighted by molar-refractivity contribution is 0.0694. The van der Waals surface area contributed by atoms with Gasteiger partial charge < -0.3 is 9.63 Å². The fourth-order valence-electron chi connectivity index (χ4n) is 0.852. The molecule has 64 valence electrons. The minimum atomic E-state index is -1.00. The lowest BCUT2D eigenvalue weighted by atomic mass is 10.2. The van der Waals surface area contributed by atoms with Crippen LogP contribution in [-0.4, -0.2) is 16.2 Å². The highest BCUT2D eigenvalue weighted by atomic mass is 16.5. The first kappa shape index (κ1) is 8.52. The molecule has 12 heavy (non-hydrogen) atoms. The Morgan fingerprint density at radius 3 is 3.17 bits per heavy atom. The third-order valence-electron chi connectivity index (χ3n) is 1.45. The zero-order valence-electron chi connectivity index (χ0n) is 6.49. The van der Waals surface area contributed by atoms with Crippen molar-refractivity contribution in [1.29, 1.82) is 0 Å². The van der Waals surface area contributed by atoms with E-state index in [2.05, 4.69) is 11.7 Å². The van der Waals surface area contributed by atoms with Crippen LogP contribution in [0.3, 0.4) is 0 Å². The molecule has 0 radical (unpaired) electrons. The molecule has 0 unspecified atom stereocenters. The summed E-state index contributed by atoms with van der Waals surface area (Å²) in [6.07, 6.45) is 4.13. The second-order valence-electron chi connectivity index (χ2n) is 2.30. The number of aromatic nitrogens is 1. The Kier molecular flexibility index (Phi) is 2.63. The van der Waals surface area contributed by atoms with Gasteiger partial charge in [-0.2, -0.15) is 0 Å². The molecule has 4 nitrogen and oxygen atoms in total. The van der Waals surface area contributed by atoms with Crippen molar-refractivity contribution in [2.45, 2.75) is 12.8 Å². The van der Waals surface area contributed by atoms with Gasteiger partial charge in [-0.3, -0.25) is 0 Å². The standard InChI is InChI=1S/C8H9NO3/c1-2-3-4-7-6(8(10)11)5-9-12-7/h2,5H,1,3-4H2,(H,10,11). The maximum Gasteiger partial charge on any atom is 0.340 e. The van der Waals surface area contributed by atoms with Gasteiger partial charge in [0.15, 0.2) is 5.76 Å². The van der Waals surface area contributed by atoms with Crippen molar-refractivity contribution in [3.05, 3.63) is 30.2 Å². The third kappa shape index (κ3) is 1.72. The molecular weight excluding hydrogens is 158 g/mol. The molecule has 0 bridgehead atoms. The van der Waals surface area contributed by atoms with Crippen LogP contribution in [0.4, 0.5) is 0 Å². The summed E-state index contributed by atoms with van der Waals surface area (Å²) in [5, 5.41) is 12.0. The van der Waals surface area contributed by atoms with E-state index in [0.29, 0.717) is 18.6 Å². The van der Waals surface area contributed by atoms with E-state index in [1.54, 1.807) is 6.08 Å². The van der Waals surface area contributed by atoms with Gasteiger partial charge in [-0.25, -0.2) is 4.79 Å². The average molecular weight is 167 g/mol. The number of aromatic carboxylic acids is 1. The highest BCUT2D eigenvalue weighted by molar-refractivity contribution is 5.88. The van der Waals surface area contributed by atoms with Gasteiger partial charge >= 0.3 is 5.97 Å². The summed E-state index contributed by atoms with van der Waals surface area (Å²) in [6.45, 7) is 3.53. The van der Waals surface area contributed by atoms with Gasteiger partial charge in [-0.05, 0) is 6.42 Å². The van der Waals surface area contributed by atoms with E-state index >= 15 is 0 Å². The Morgan fingerprint density at radius 2 is 2.58 bits per heavy atom. The van der Waals surface area contributed by atoms with E-state index < -0.39 is 5.97 Å². The molecule has 0 fully saturated rings. The first-order valence-corrected chi connectivity index (χ1v) is 3.53. The van der Waals surface area contributed by atoms with Gasteiger partial charge in [0, 0.05) is 6.42 Å². The Hall–Kier alpha value is -1.58. The molecule has 0 aliphatic heterocycles. The van der Waals surface area contributed by atoms with E-state index in [0.717, 1.165) is 0 Å². The largest absolute Gasteiger partial charge is 0.478 e. The smallest absolute Gasteiger partial charge is 0.340 e. The van der Waals surface area contributed by atoms with E-state index in [1.807, 2.05) is 0 Å². The maximum atomic E-state index is 10.5. The molecule has 1 aromatic heterocycles. The van der Waals surface area contributed by atoms with Crippen LogP contribution >= 0.6 is 0 Å². The second kappa shape index (κ2) is 3.71. The van der Waals surface area contributed by atoms with Crippen molar-refractivity contribution in [1.82, 2.24) is 5.16 Å². The summed E-state index contributed by atoms with van der Waals surface area (Å²) in [5.74, 6) is -0.599. The summed E-state index contributed by atoms with van der Waals surface area (Å²) in [5.41, 5.74) is 0.136. The van der Waals surface area contributed by atoms with Gasteiger partial charge in [0.05, 0.1) is 6.20 Å². The fourth-order valence-corrected chi connectivity index (χ4v) is 0.852. The molecule has 4 heteroatoms. The van der Waals surface area contributed by atoms with Gasteiger partial charge in [0.2, 0.25) is 0 Å². The molecular formula is C8H9NO3. The second-order valence-corrected chi connectivity index (χ2v) is 2.30. The number of allylic oxidation sites excluding steroid dienone is 1. The Balaban J connectivity index is 2.76. The number of aryl methyl sites for hydroxylation is 1. The van der Waals surface area contributed by atoms with Crippen molar-refractivity contribution in [2.24, 2.45) is 0 Å². The third-order valence-corrected chi connectivity index (χ3v) is 1.45. The molecule has 1 rings (SSSR count). The maximum absolute atomic E-state index is 10.5. The van der Waals surface area contributed by atoms with Crippen molar-refractivity contribution >= 4 is 5.97 Å². The lowest BCUT2D eigenvalue weighted by Crippen LogP contribution is -1.98. The number of carboxylic acids is 1. The highest BCUT2D eigenvalue weighted by Crippen LogP contribution is 2.10. The molecule has 1 aromatic rings. The molecule has 0 saturated carbocycles. The van der Waals surface area contributed by atoms with E-state index in [-0.39, 0.29) is 5.56 Å². The van der Waals surface area contributed by atoms with Crippen LogP contribution in [0.2, 0.25) is 0 Å². The zero-order chi connectivity index (χ0) is 8.97. The highest BCUT2D eigenvalue weighted by Gasteiger charge is 2.13. The molecule has 0 aromatic carbocycles. The first-order chi connectivity index (χ1) is 5.75. The Bertz CT molecular complexity index is 290. The summed E-state index contributed by atoms with van der Waals surface area (Å²) >= 11 is 0. The van der Waals surface area contributed by atoms with Crippen molar-refractivity contribution in [3.8, 4) is 0 Å². The van der Waals surface area contributed by atoms with Crippen molar-refractivity contribution in [2.75, 3.05) is 0 Å². The number of carboxylic acid groups (broad SMARTS) is 1. The Morgan fingerprint density at radius 1 is 1.83 bits per heavy atom. The monoisotopic (exact) mass is 167 g/mol. The summed E-state index contributed by atoms with van der Waals surface area (Å²) in [6, 6.07) is 0. The van der Waals surface area contributed by atoms with E-state index in [9.17, 15) is 4.79 Å². The molecule has 0 spiro atoms. The summed E-state index contributed by atoms with van der Waals surface area (Å²) in [7, 11) is 0. The van der Waals surface area contributed by atoms with Gasteiger partial charge in [-0.15, -0.1) is 6.58 Å². The quantitative estimate of drug-likeness (QED) is 0.690. The summed E-state index contributed by atoms with van der Waals surface area (Å²) < 4.78 is 4.75. The molecule has 0 amide bonds. The fraction of sp³-hybridized carbons (Fsp3) is 0.250. The van der Waals surface area contributed by atoms with Crippen molar-refractivity contribution in [3.63, 3.8) is 0 Å². The van der Waals surface area contributed by atoms with Crippen LogP contribution in [-0.2, 0) is 6.42 Å². The van der Waals surface area contributed by atoms with Crippen LogP contribution in [0.25, 0.3) is 0 Å². The number of carbonyl (C=O) groups is 1. The molecule has 0 aliphatic carbocycles. The molecule has 0 atom stereocenters. The molecule has 1 heterocycles. The molecule has 0 aliphatic rings. The number of hydrogen-bond donors (Lipinski definition) is 1. The Labute approximate surface area is 69.5 Å².